The van der Waals surface area contributed by atoms with E-state index in [1.54, 1.807) is 0 Å². The fraction of sp³-hybridized carbons (Fsp3) is 0.182. The summed E-state index contributed by atoms with van der Waals surface area (Å²) in [6.07, 6.45) is 0. The van der Waals surface area contributed by atoms with E-state index in [1.807, 2.05) is 24.3 Å². The Morgan fingerprint density at radius 1 is 1.17 bits per heavy atom. The molecule has 7 heteroatoms. The first-order valence-electron chi connectivity index (χ1n) is 5.40. The standard InChI is InChI=1S/C11H13N5O2/c12-5-7-1-3-8(4-2-7)6-13-9-10(17)14-11(18)16-15-9/h1-4H,5-6,12H2,(H,13,15)(H2,14,16,17,18). The topological polar surface area (TPSA) is 117 Å². The molecule has 0 amide bonds. The third-order valence-electron chi connectivity index (χ3n) is 2.43. The molecule has 1 aromatic carbocycles. The number of hydrogen-bond donors (Lipinski definition) is 4. The Morgan fingerprint density at radius 2 is 1.83 bits per heavy atom. The third-order valence-corrected chi connectivity index (χ3v) is 2.43. The number of hydrogen-bond acceptors (Lipinski definition) is 5. The van der Waals surface area contributed by atoms with Crippen LogP contribution >= 0.6 is 0 Å². The number of nitrogens with one attached hydrogen (secondary N) is 3. The molecule has 2 aromatic rings. The molecule has 94 valence electrons. The molecule has 0 radical (unpaired) electrons. The summed E-state index contributed by atoms with van der Waals surface area (Å²) in [5.74, 6) is 0.0810. The summed E-state index contributed by atoms with van der Waals surface area (Å²) < 4.78 is 0. The number of benzene rings is 1. The molecule has 0 saturated carbocycles. The van der Waals surface area contributed by atoms with Gasteiger partial charge >= 0.3 is 5.69 Å². The minimum Gasteiger partial charge on any atom is -0.360 e. The fourth-order valence-corrected chi connectivity index (χ4v) is 1.45. The lowest BCUT2D eigenvalue weighted by Gasteiger charge is -2.04. The van der Waals surface area contributed by atoms with E-state index in [0.717, 1.165) is 11.1 Å². The van der Waals surface area contributed by atoms with Crippen molar-refractivity contribution in [3.8, 4) is 0 Å². The van der Waals surface area contributed by atoms with Crippen molar-refractivity contribution in [3.05, 3.63) is 56.2 Å². The average Bonchev–Trinajstić information content (AvgIpc) is 2.38. The molecular formula is C11H13N5O2. The molecule has 0 aliphatic rings. The first-order chi connectivity index (χ1) is 8.69. The second-order valence-corrected chi connectivity index (χ2v) is 3.73. The van der Waals surface area contributed by atoms with E-state index in [9.17, 15) is 9.59 Å². The van der Waals surface area contributed by atoms with Crippen molar-refractivity contribution in [1.29, 1.82) is 0 Å². The summed E-state index contributed by atoms with van der Waals surface area (Å²) in [7, 11) is 0. The molecule has 0 fully saturated rings. The fourth-order valence-electron chi connectivity index (χ4n) is 1.45. The summed E-state index contributed by atoms with van der Waals surface area (Å²) in [6, 6.07) is 7.66. The van der Waals surface area contributed by atoms with Crippen LogP contribution in [0.2, 0.25) is 0 Å². The quantitative estimate of drug-likeness (QED) is 0.582. The van der Waals surface area contributed by atoms with Gasteiger partial charge in [0.05, 0.1) is 0 Å². The minimum absolute atomic E-state index is 0.0810. The first kappa shape index (κ1) is 12.1. The minimum atomic E-state index is -0.627. The molecule has 5 N–H and O–H groups in total. The SMILES string of the molecule is NCc1ccc(CNc2n[nH]c(=O)[nH]c2=O)cc1. The first-order valence-corrected chi connectivity index (χ1v) is 5.40. The molecular weight excluding hydrogens is 234 g/mol. The lowest BCUT2D eigenvalue weighted by atomic mass is 10.1. The summed E-state index contributed by atoms with van der Waals surface area (Å²) in [6.45, 7) is 0.932. The zero-order valence-electron chi connectivity index (χ0n) is 9.56. The monoisotopic (exact) mass is 247 g/mol. The van der Waals surface area contributed by atoms with Crippen LogP contribution in [0.4, 0.5) is 5.82 Å². The van der Waals surface area contributed by atoms with E-state index in [0.29, 0.717) is 13.1 Å². The van der Waals surface area contributed by atoms with Crippen LogP contribution in [0, 0.1) is 0 Å². The van der Waals surface area contributed by atoms with Crippen LogP contribution in [0.1, 0.15) is 11.1 Å². The van der Waals surface area contributed by atoms with Gasteiger partial charge in [0.1, 0.15) is 0 Å². The highest BCUT2D eigenvalue weighted by Gasteiger charge is 2.01. The largest absolute Gasteiger partial charge is 0.360 e. The van der Waals surface area contributed by atoms with Crippen LogP contribution in [0.3, 0.4) is 0 Å². The number of aromatic amines is 2. The van der Waals surface area contributed by atoms with Crippen molar-refractivity contribution in [2.45, 2.75) is 13.1 Å². The van der Waals surface area contributed by atoms with Gasteiger partial charge in [-0.05, 0) is 11.1 Å². The van der Waals surface area contributed by atoms with Gasteiger partial charge in [-0.15, -0.1) is 5.10 Å². The number of nitrogens with zero attached hydrogens (tertiary/aromatic N) is 1. The summed E-state index contributed by atoms with van der Waals surface area (Å²) in [5, 5.41) is 8.61. The highest BCUT2D eigenvalue weighted by atomic mass is 16.2. The van der Waals surface area contributed by atoms with Gasteiger partial charge < -0.3 is 11.1 Å². The summed E-state index contributed by atoms with van der Waals surface area (Å²) >= 11 is 0. The molecule has 0 bridgehead atoms. The Labute approximate surface area is 102 Å². The molecule has 0 spiro atoms. The Kier molecular flexibility index (Phi) is 3.54. The maximum Gasteiger partial charge on any atom is 0.342 e. The van der Waals surface area contributed by atoms with Crippen LogP contribution < -0.4 is 22.3 Å². The second kappa shape index (κ2) is 5.28. The van der Waals surface area contributed by atoms with Crippen LogP contribution in [0.5, 0.6) is 0 Å². The average molecular weight is 247 g/mol. The van der Waals surface area contributed by atoms with Gasteiger partial charge in [0, 0.05) is 13.1 Å². The van der Waals surface area contributed by atoms with Crippen LogP contribution in [-0.4, -0.2) is 15.2 Å². The van der Waals surface area contributed by atoms with Crippen molar-refractivity contribution in [2.75, 3.05) is 5.32 Å². The Hall–Kier alpha value is -2.41. The Bertz CT molecular complexity index is 629. The van der Waals surface area contributed by atoms with Crippen molar-refractivity contribution >= 4 is 5.82 Å². The van der Waals surface area contributed by atoms with Gasteiger partial charge in [0.15, 0.2) is 0 Å². The van der Waals surface area contributed by atoms with Gasteiger partial charge in [-0.25, -0.2) is 9.89 Å². The highest BCUT2D eigenvalue weighted by Crippen LogP contribution is 2.04. The lowest BCUT2D eigenvalue weighted by Crippen LogP contribution is -2.26. The molecule has 0 unspecified atom stereocenters. The molecule has 0 aliphatic carbocycles. The Balaban J connectivity index is 2.06. The molecule has 2 rings (SSSR count). The number of aromatic nitrogens is 3. The number of rotatable bonds is 4. The van der Waals surface area contributed by atoms with Gasteiger partial charge in [-0.1, -0.05) is 24.3 Å². The van der Waals surface area contributed by atoms with Crippen molar-refractivity contribution in [3.63, 3.8) is 0 Å². The molecule has 0 atom stereocenters. The zero-order valence-corrected chi connectivity index (χ0v) is 9.56. The number of H-pyrrole nitrogens is 2. The molecule has 7 nitrogen and oxygen atoms in total. The summed E-state index contributed by atoms with van der Waals surface area (Å²) in [4.78, 5) is 24.2. The molecule has 18 heavy (non-hydrogen) atoms. The highest BCUT2D eigenvalue weighted by molar-refractivity contribution is 5.32. The van der Waals surface area contributed by atoms with E-state index in [4.69, 9.17) is 5.73 Å². The van der Waals surface area contributed by atoms with Gasteiger partial charge in [-0.2, -0.15) is 0 Å². The smallest absolute Gasteiger partial charge is 0.342 e. The molecule has 1 aromatic heterocycles. The van der Waals surface area contributed by atoms with Crippen molar-refractivity contribution in [1.82, 2.24) is 15.2 Å². The van der Waals surface area contributed by atoms with E-state index in [1.165, 1.54) is 0 Å². The van der Waals surface area contributed by atoms with E-state index < -0.39 is 11.2 Å². The van der Waals surface area contributed by atoms with Gasteiger partial charge in [0.25, 0.3) is 5.56 Å². The maximum atomic E-state index is 11.3. The Morgan fingerprint density at radius 3 is 2.44 bits per heavy atom. The van der Waals surface area contributed by atoms with Crippen LogP contribution in [0.15, 0.2) is 33.9 Å². The molecule has 0 saturated heterocycles. The predicted octanol–water partition coefficient (Wildman–Crippen LogP) is -0.471. The van der Waals surface area contributed by atoms with E-state index >= 15 is 0 Å². The molecule has 1 heterocycles. The van der Waals surface area contributed by atoms with Crippen LogP contribution in [-0.2, 0) is 13.1 Å². The van der Waals surface area contributed by atoms with Crippen molar-refractivity contribution in [2.24, 2.45) is 5.73 Å². The van der Waals surface area contributed by atoms with Gasteiger partial charge in [0.2, 0.25) is 5.82 Å². The van der Waals surface area contributed by atoms with Gasteiger partial charge in [-0.3, -0.25) is 9.78 Å². The third kappa shape index (κ3) is 2.83. The zero-order chi connectivity index (χ0) is 13.0. The summed E-state index contributed by atoms with van der Waals surface area (Å²) in [5.41, 5.74) is 6.35. The lowest BCUT2D eigenvalue weighted by molar-refractivity contribution is 0.882. The van der Waals surface area contributed by atoms with E-state index in [2.05, 4.69) is 20.5 Å². The normalized spacial score (nSPS) is 10.3. The second-order valence-electron chi connectivity index (χ2n) is 3.73. The van der Waals surface area contributed by atoms with Crippen molar-refractivity contribution < 1.29 is 0 Å². The van der Waals surface area contributed by atoms with E-state index in [-0.39, 0.29) is 5.82 Å². The molecule has 0 aliphatic heterocycles. The predicted molar refractivity (Wildman–Crippen MR) is 67.1 cm³/mol. The van der Waals surface area contributed by atoms with Crippen LogP contribution in [0.25, 0.3) is 0 Å². The maximum absolute atomic E-state index is 11.3. The number of nitrogens with two attached hydrogens (primary N) is 1. The number of anilines is 1.